The Morgan fingerprint density at radius 3 is 2.62 bits per heavy atom. The molecular formula is C12H13FO3. The SMILES string of the molecule is O=C(O)C1CC(O)(Cc2ccccc2F)C1. The molecule has 4 heteroatoms. The van der Waals surface area contributed by atoms with E-state index in [1.807, 2.05) is 0 Å². The molecule has 2 N–H and O–H groups in total. The van der Waals surface area contributed by atoms with Crippen LogP contribution in [0.1, 0.15) is 18.4 Å². The van der Waals surface area contributed by atoms with Gasteiger partial charge in [-0.1, -0.05) is 18.2 Å². The molecule has 0 radical (unpaired) electrons. The Morgan fingerprint density at radius 2 is 2.06 bits per heavy atom. The smallest absolute Gasteiger partial charge is 0.306 e. The molecule has 1 aliphatic rings. The number of hydrogen-bond acceptors (Lipinski definition) is 2. The van der Waals surface area contributed by atoms with Crippen molar-refractivity contribution in [3.05, 3.63) is 35.6 Å². The monoisotopic (exact) mass is 224 g/mol. The van der Waals surface area contributed by atoms with E-state index in [-0.39, 0.29) is 25.1 Å². The molecule has 1 fully saturated rings. The summed E-state index contributed by atoms with van der Waals surface area (Å²) in [5.41, 5.74) is -0.612. The summed E-state index contributed by atoms with van der Waals surface area (Å²) in [5, 5.41) is 18.7. The first kappa shape index (κ1) is 11.1. The minimum absolute atomic E-state index is 0.184. The summed E-state index contributed by atoms with van der Waals surface area (Å²) >= 11 is 0. The highest BCUT2D eigenvalue weighted by molar-refractivity contribution is 5.71. The Bertz CT molecular complexity index is 410. The minimum atomic E-state index is -1.05. The highest BCUT2D eigenvalue weighted by atomic mass is 19.1. The fourth-order valence-corrected chi connectivity index (χ4v) is 2.17. The van der Waals surface area contributed by atoms with Gasteiger partial charge in [-0.05, 0) is 24.5 Å². The fraction of sp³-hybridized carbons (Fsp3) is 0.417. The average molecular weight is 224 g/mol. The van der Waals surface area contributed by atoms with E-state index in [4.69, 9.17) is 5.11 Å². The molecule has 0 bridgehead atoms. The van der Waals surface area contributed by atoms with E-state index in [2.05, 4.69) is 0 Å². The van der Waals surface area contributed by atoms with Crippen LogP contribution >= 0.6 is 0 Å². The number of halogens is 1. The van der Waals surface area contributed by atoms with Gasteiger partial charge < -0.3 is 10.2 Å². The first-order valence-corrected chi connectivity index (χ1v) is 5.19. The summed E-state index contributed by atoms with van der Waals surface area (Å²) in [4.78, 5) is 10.6. The van der Waals surface area contributed by atoms with Crippen LogP contribution in [0.15, 0.2) is 24.3 Å². The minimum Gasteiger partial charge on any atom is -0.481 e. The number of benzene rings is 1. The van der Waals surface area contributed by atoms with Gasteiger partial charge in [-0.15, -0.1) is 0 Å². The van der Waals surface area contributed by atoms with Crippen LogP contribution in [0.3, 0.4) is 0 Å². The van der Waals surface area contributed by atoms with E-state index >= 15 is 0 Å². The second kappa shape index (κ2) is 3.87. The average Bonchev–Trinajstić information content (AvgIpc) is 2.17. The Hall–Kier alpha value is -1.42. The number of carboxylic acids is 1. The third-order valence-corrected chi connectivity index (χ3v) is 3.08. The molecule has 0 unspecified atom stereocenters. The van der Waals surface area contributed by atoms with Crippen molar-refractivity contribution in [2.45, 2.75) is 24.9 Å². The molecule has 0 aliphatic heterocycles. The van der Waals surface area contributed by atoms with Crippen molar-refractivity contribution in [2.75, 3.05) is 0 Å². The lowest BCUT2D eigenvalue weighted by atomic mass is 9.68. The number of carbonyl (C=O) groups is 1. The Kier molecular flexibility index (Phi) is 2.68. The molecule has 1 aromatic rings. The van der Waals surface area contributed by atoms with E-state index in [0.717, 1.165) is 0 Å². The first-order valence-electron chi connectivity index (χ1n) is 5.19. The van der Waals surface area contributed by atoms with Gasteiger partial charge in [0.2, 0.25) is 0 Å². The van der Waals surface area contributed by atoms with Gasteiger partial charge in [-0.25, -0.2) is 4.39 Å². The largest absolute Gasteiger partial charge is 0.481 e. The molecular weight excluding hydrogens is 211 g/mol. The van der Waals surface area contributed by atoms with Gasteiger partial charge in [-0.3, -0.25) is 4.79 Å². The van der Waals surface area contributed by atoms with E-state index in [1.165, 1.54) is 6.07 Å². The van der Waals surface area contributed by atoms with Crippen LogP contribution in [0.2, 0.25) is 0 Å². The zero-order valence-electron chi connectivity index (χ0n) is 8.69. The predicted octanol–water partition coefficient (Wildman–Crippen LogP) is 1.59. The summed E-state index contributed by atoms with van der Waals surface area (Å²) in [6.07, 6.45) is 0.594. The van der Waals surface area contributed by atoms with Gasteiger partial charge >= 0.3 is 5.97 Å². The Balaban J connectivity index is 2.02. The molecule has 1 aromatic carbocycles. The number of aliphatic hydroxyl groups is 1. The number of carboxylic acid groups (broad SMARTS) is 1. The summed E-state index contributed by atoms with van der Waals surface area (Å²) in [7, 11) is 0. The summed E-state index contributed by atoms with van der Waals surface area (Å²) in [5.74, 6) is -1.73. The number of hydrogen-bond donors (Lipinski definition) is 2. The lowest BCUT2D eigenvalue weighted by Gasteiger charge is -2.41. The van der Waals surface area contributed by atoms with Gasteiger partial charge in [0.25, 0.3) is 0 Å². The van der Waals surface area contributed by atoms with Crippen LogP contribution in [0.4, 0.5) is 4.39 Å². The highest BCUT2D eigenvalue weighted by Crippen LogP contribution is 2.40. The van der Waals surface area contributed by atoms with E-state index < -0.39 is 17.5 Å². The van der Waals surface area contributed by atoms with Crippen molar-refractivity contribution in [1.82, 2.24) is 0 Å². The number of aliphatic carboxylic acids is 1. The molecule has 3 nitrogen and oxygen atoms in total. The molecule has 0 heterocycles. The van der Waals surface area contributed by atoms with Crippen LogP contribution in [0.25, 0.3) is 0 Å². The van der Waals surface area contributed by atoms with Gasteiger partial charge in [-0.2, -0.15) is 0 Å². The summed E-state index contributed by atoms with van der Waals surface area (Å²) < 4.78 is 13.3. The van der Waals surface area contributed by atoms with Crippen molar-refractivity contribution >= 4 is 5.97 Å². The predicted molar refractivity (Wildman–Crippen MR) is 55.4 cm³/mol. The molecule has 1 aliphatic carbocycles. The standard InChI is InChI=1S/C12H13FO3/c13-10-4-2-1-3-8(10)5-12(16)6-9(7-12)11(14)15/h1-4,9,16H,5-7H2,(H,14,15). The zero-order valence-corrected chi connectivity index (χ0v) is 8.69. The highest BCUT2D eigenvalue weighted by Gasteiger charge is 2.46. The van der Waals surface area contributed by atoms with Crippen molar-refractivity contribution in [3.63, 3.8) is 0 Å². The van der Waals surface area contributed by atoms with Crippen LogP contribution in [0, 0.1) is 11.7 Å². The molecule has 0 spiro atoms. The topological polar surface area (TPSA) is 57.5 Å². The molecule has 0 atom stereocenters. The molecule has 86 valence electrons. The lowest BCUT2D eigenvalue weighted by Crippen LogP contribution is -2.48. The maximum absolute atomic E-state index is 13.3. The number of rotatable bonds is 3. The van der Waals surface area contributed by atoms with Crippen LogP contribution in [-0.4, -0.2) is 21.8 Å². The lowest BCUT2D eigenvalue weighted by molar-refractivity contribution is -0.158. The molecule has 2 rings (SSSR count). The normalized spacial score (nSPS) is 28.5. The van der Waals surface area contributed by atoms with Gasteiger partial charge in [0, 0.05) is 6.42 Å². The third-order valence-electron chi connectivity index (χ3n) is 3.08. The van der Waals surface area contributed by atoms with Crippen molar-refractivity contribution < 1.29 is 19.4 Å². The van der Waals surface area contributed by atoms with E-state index in [1.54, 1.807) is 18.2 Å². The van der Waals surface area contributed by atoms with Crippen molar-refractivity contribution in [3.8, 4) is 0 Å². The van der Waals surface area contributed by atoms with Gasteiger partial charge in [0.15, 0.2) is 0 Å². The molecule has 16 heavy (non-hydrogen) atoms. The maximum Gasteiger partial charge on any atom is 0.306 e. The van der Waals surface area contributed by atoms with Crippen LogP contribution in [0.5, 0.6) is 0 Å². The second-order valence-corrected chi connectivity index (χ2v) is 4.44. The molecule has 0 amide bonds. The molecule has 1 saturated carbocycles. The van der Waals surface area contributed by atoms with Crippen molar-refractivity contribution in [1.29, 1.82) is 0 Å². The second-order valence-electron chi connectivity index (χ2n) is 4.44. The van der Waals surface area contributed by atoms with E-state index in [0.29, 0.717) is 5.56 Å². The Morgan fingerprint density at radius 1 is 1.44 bits per heavy atom. The third kappa shape index (κ3) is 2.07. The summed E-state index contributed by atoms with van der Waals surface area (Å²) in [6, 6.07) is 6.24. The maximum atomic E-state index is 13.3. The quantitative estimate of drug-likeness (QED) is 0.819. The van der Waals surface area contributed by atoms with Gasteiger partial charge in [0.1, 0.15) is 5.82 Å². The van der Waals surface area contributed by atoms with Crippen LogP contribution < -0.4 is 0 Å². The molecule has 0 saturated heterocycles. The summed E-state index contributed by atoms with van der Waals surface area (Å²) in [6.45, 7) is 0. The van der Waals surface area contributed by atoms with Gasteiger partial charge in [0.05, 0.1) is 11.5 Å². The van der Waals surface area contributed by atoms with Crippen LogP contribution in [-0.2, 0) is 11.2 Å². The van der Waals surface area contributed by atoms with E-state index in [9.17, 15) is 14.3 Å². The fourth-order valence-electron chi connectivity index (χ4n) is 2.17. The zero-order chi connectivity index (χ0) is 11.8. The molecule has 0 aromatic heterocycles. The first-order chi connectivity index (χ1) is 7.50. The van der Waals surface area contributed by atoms with Crippen molar-refractivity contribution in [2.24, 2.45) is 5.92 Å². The Labute approximate surface area is 92.5 Å².